The number of halogens is 2. The Kier molecular flexibility index (Phi) is 5.61. The average Bonchev–Trinajstić information content (AvgIpc) is 2.77. The second-order valence-corrected chi connectivity index (χ2v) is 53.1. The van der Waals surface area contributed by atoms with Gasteiger partial charge in [0.15, 0.2) is 0 Å². The van der Waals surface area contributed by atoms with Crippen molar-refractivity contribution in [2.45, 2.75) is 64.5 Å². The molecule has 0 saturated heterocycles. The van der Waals surface area contributed by atoms with Gasteiger partial charge < -0.3 is 0 Å². The molecule has 2 aromatic carbocycles. The van der Waals surface area contributed by atoms with E-state index in [1.54, 1.807) is 0 Å². The van der Waals surface area contributed by atoms with E-state index < -0.39 is 29.4 Å². The monoisotopic (exact) mass is 480 g/mol. The first kappa shape index (κ1) is 22.6. The van der Waals surface area contributed by atoms with Crippen molar-refractivity contribution in [3.8, 4) is 11.1 Å². The molecule has 0 nitrogen and oxygen atoms in total. The van der Waals surface area contributed by atoms with E-state index in [0.29, 0.717) is 5.54 Å². The van der Waals surface area contributed by atoms with E-state index in [0.717, 1.165) is 10.0 Å². The molecule has 1 aliphatic carbocycles. The van der Waals surface area contributed by atoms with Crippen molar-refractivity contribution in [3.05, 3.63) is 57.6 Å². The van der Waals surface area contributed by atoms with Crippen LogP contribution in [-0.4, -0.2) is 29.4 Å². The molecule has 0 heterocycles. The van der Waals surface area contributed by atoms with Gasteiger partial charge in [-0.25, -0.2) is 0 Å². The van der Waals surface area contributed by atoms with E-state index in [4.69, 9.17) is 23.2 Å². The highest BCUT2D eigenvalue weighted by molar-refractivity contribution is 7.89. The molecule has 2 aromatic rings. The Morgan fingerprint density at radius 2 is 0.893 bits per heavy atom. The molecule has 6 heteroatoms. The Labute approximate surface area is 185 Å². The summed E-state index contributed by atoms with van der Waals surface area (Å²) >= 11 is 13.2. The van der Waals surface area contributed by atoms with Crippen molar-refractivity contribution in [2.75, 3.05) is 0 Å². The molecule has 0 fully saturated rings. The molecule has 0 spiro atoms. The van der Waals surface area contributed by atoms with Crippen LogP contribution in [0.3, 0.4) is 0 Å². The van der Waals surface area contributed by atoms with Crippen molar-refractivity contribution in [3.63, 3.8) is 0 Å². The van der Waals surface area contributed by atoms with E-state index in [1.165, 1.54) is 22.3 Å². The molecular weight excluding hydrogens is 447 g/mol. The third-order valence-corrected chi connectivity index (χ3v) is 80.4. The Morgan fingerprint density at radius 1 is 0.571 bits per heavy atom. The zero-order valence-corrected chi connectivity index (χ0v) is 24.3. The SMILES string of the molecule is C[Si](C)(C)[Si](C1c2cc(Cl)ccc2-c2ccc(Cl)cc21)([Si](C)(C)C)[Si](C)(C)C. The number of hydrogen-bond donors (Lipinski definition) is 0. The van der Waals surface area contributed by atoms with E-state index in [-0.39, 0.29) is 0 Å². The highest BCUT2D eigenvalue weighted by Crippen LogP contribution is 2.56. The van der Waals surface area contributed by atoms with Gasteiger partial charge in [-0.05, 0) is 52.1 Å². The summed E-state index contributed by atoms with van der Waals surface area (Å²) in [6, 6.07) is 13.2. The fourth-order valence-corrected chi connectivity index (χ4v) is 110. The molecule has 0 amide bonds. The van der Waals surface area contributed by atoms with Gasteiger partial charge in [-0.15, -0.1) is 0 Å². The molecule has 0 aromatic heterocycles. The summed E-state index contributed by atoms with van der Waals surface area (Å²) in [7, 11) is -4.40. The lowest BCUT2D eigenvalue weighted by atomic mass is 10.1. The first-order valence-corrected chi connectivity index (χ1v) is 26.6. The molecule has 0 bridgehead atoms. The van der Waals surface area contributed by atoms with Gasteiger partial charge in [0.1, 0.15) is 0 Å². The van der Waals surface area contributed by atoms with E-state index in [1.807, 2.05) is 0 Å². The first-order chi connectivity index (χ1) is 12.6. The second kappa shape index (κ2) is 6.96. The Bertz CT molecular complexity index is 830. The summed E-state index contributed by atoms with van der Waals surface area (Å²) in [5.41, 5.74) is 6.34. The van der Waals surface area contributed by atoms with Gasteiger partial charge in [0, 0.05) is 32.8 Å². The number of benzene rings is 2. The summed E-state index contributed by atoms with van der Waals surface area (Å²) in [5.74, 6) is 0. The lowest BCUT2D eigenvalue weighted by Crippen LogP contribution is -2.85. The molecular formula is C22H34Cl2Si4. The zero-order valence-electron chi connectivity index (χ0n) is 18.8. The van der Waals surface area contributed by atoms with Gasteiger partial charge in [0.2, 0.25) is 0 Å². The molecule has 0 N–H and O–H groups in total. The molecule has 0 unspecified atom stereocenters. The van der Waals surface area contributed by atoms with E-state index in [2.05, 4.69) is 95.3 Å². The van der Waals surface area contributed by atoms with Gasteiger partial charge >= 0.3 is 0 Å². The van der Waals surface area contributed by atoms with E-state index in [9.17, 15) is 0 Å². The minimum absolute atomic E-state index is 0.542. The Hall–Kier alpha value is -0.112. The van der Waals surface area contributed by atoms with Crippen LogP contribution in [-0.2, 0) is 0 Å². The number of rotatable bonds is 4. The third kappa shape index (κ3) is 3.19. The van der Waals surface area contributed by atoms with E-state index >= 15 is 0 Å². The van der Waals surface area contributed by atoms with Gasteiger partial charge in [-0.2, -0.15) is 0 Å². The zero-order chi connectivity index (χ0) is 21.3. The first-order valence-electron chi connectivity index (χ1n) is 10.2. The van der Waals surface area contributed by atoms with Gasteiger partial charge in [0.05, 0.1) is 6.63 Å². The highest BCUT2D eigenvalue weighted by atomic mass is 35.5. The normalized spacial score (nSPS) is 15.5. The smallest absolute Gasteiger partial charge is 0.0510 e. The Morgan fingerprint density at radius 3 is 1.18 bits per heavy atom. The molecule has 0 atom stereocenters. The largest absolute Gasteiger partial charge is 0.0843 e. The van der Waals surface area contributed by atoms with Gasteiger partial charge in [-0.3, -0.25) is 0 Å². The van der Waals surface area contributed by atoms with Crippen LogP contribution in [0.5, 0.6) is 0 Å². The lowest BCUT2D eigenvalue weighted by molar-refractivity contribution is 1.16. The minimum atomic E-state index is -1.72. The molecule has 1 aliphatic rings. The van der Waals surface area contributed by atoms with Crippen LogP contribution in [0.2, 0.25) is 69.0 Å². The molecule has 152 valence electrons. The maximum Gasteiger partial charge on any atom is 0.0510 e. The maximum atomic E-state index is 6.58. The number of fused-ring (bicyclic) bond motifs is 3. The summed E-state index contributed by atoms with van der Waals surface area (Å²) < 4.78 is 0. The fourth-order valence-electron chi connectivity index (χ4n) is 7.34. The quantitative estimate of drug-likeness (QED) is 0.385. The average molecular weight is 482 g/mol. The van der Waals surface area contributed by atoms with Gasteiger partial charge in [0.25, 0.3) is 0 Å². The summed E-state index contributed by atoms with van der Waals surface area (Å²) in [6.07, 6.45) is 0. The van der Waals surface area contributed by atoms with Crippen LogP contribution in [0.25, 0.3) is 11.1 Å². The third-order valence-electron chi connectivity index (χ3n) is 6.92. The van der Waals surface area contributed by atoms with Crippen molar-refractivity contribution in [2.24, 2.45) is 0 Å². The van der Waals surface area contributed by atoms with Crippen LogP contribution in [0.15, 0.2) is 36.4 Å². The predicted molar refractivity (Wildman–Crippen MR) is 140 cm³/mol. The van der Waals surface area contributed by atoms with Crippen LogP contribution in [0.4, 0.5) is 0 Å². The fraction of sp³-hybridized carbons (Fsp3) is 0.455. The minimum Gasteiger partial charge on any atom is -0.0843 e. The lowest BCUT2D eigenvalue weighted by Gasteiger charge is -2.61. The van der Waals surface area contributed by atoms with Crippen LogP contribution in [0, 0.1) is 0 Å². The summed E-state index contributed by atoms with van der Waals surface area (Å²) in [5, 5.41) is 1.74. The summed E-state index contributed by atoms with van der Waals surface area (Å²) in [6.45, 7) is 22.3. The molecule has 0 radical (unpaired) electrons. The van der Waals surface area contributed by atoms with Crippen molar-refractivity contribution < 1.29 is 0 Å². The van der Waals surface area contributed by atoms with Crippen LogP contribution in [0.1, 0.15) is 16.7 Å². The van der Waals surface area contributed by atoms with Crippen molar-refractivity contribution in [1.82, 2.24) is 0 Å². The second-order valence-electron chi connectivity index (χ2n) is 11.5. The van der Waals surface area contributed by atoms with Crippen molar-refractivity contribution >= 4 is 52.6 Å². The molecule has 3 rings (SSSR count). The topological polar surface area (TPSA) is 0 Å². The standard InChI is InChI=1S/C22H34Cl2Si4/c1-25(2,3)28(26(4,5)6,27(7,8)9)22-20-14-16(23)10-12-18(20)19-13-11-17(24)15-21(19)22/h10-15,22H,1-9H3. The van der Waals surface area contributed by atoms with Gasteiger partial charge in [-0.1, -0.05) is 94.3 Å². The molecule has 28 heavy (non-hydrogen) atoms. The molecule has 0 saturated carbocycles. The van der Waals surface area contributed by atoms with Crippen molar-refractivity contribution in [1.29, 1.82) is 0 Å². The predicted octanol–water partition coefficient (Wildman–Crippen LogP) is 8.34. The summed E-state index contributed by atoms with van der Waals surface area (Å²) in [4.78, 5) is 0. The highest BCUT2D eigenvalue weighted by Gasteiger charge is 2.66. The van der Waals surface area contributed by atoms with Crippen LogP contribution < -0.4 is 0 Å². The Balaban J connectivity index is 2.52. The maximum absolute atomic E-state index is 6.58. The molecule has 0 aliphatic heterocycles. The van der Waals surface area contributed by atoms with Crippen LogP contribution >= 0.6 is 23.2 Å². The number of hydrogen-bond acceptors (Lipinski definition) is 0.